The summed E-state index contributed by atoms with van der Waals surface area (Å²) in [5.41, 5.74) is 7.30. The predicted octanol–water partition coefficient (Wildman–Crippen LogP) is 6.84. The highest BCUT2D eigenvalue weighted by Crippen LogP contribution is 2.46. The summed E-state index contributed by atoms with van der Waals surface area (Å²) in [5.74, 6) is 1.10. The molecule has 0 spiro atoms. The molecule has 0 fully saturated rings. The van der Waals surface area contributed by atoms with Crippen molar-refractivity contribution < 1.29 is 4.74 Å². The molecule has 0 amide bonds. The van der Waals surface area contributed by atoms with Gasteiger partial charge in [0, 0.05) is 16.5 Å². The Bertz CT molecular complexity index is 808. The topological polar surface area (TPSA) is 9.23 Å². The lowest BCUT2D eigenvalue weighted by atomic mass is 9.73. The van der Waals surface area contributed by atoms with E-state index in [-0.39, 0.29) is 16.2 Å². The Morgan fingerprint density at radius 2 is 1.50 bits per heavy atom. The lowest BCUT2D eigenvalue weighted by Crippen LogP contribution is -2.38. The van der Waals surface area contributed by atoms with Crippen molar-refractivity contribution in [2.75, 3.05) is 7.11 Å². The van der Waals surface area contributed by atoms with Crippen LogP contribution in [0.25, 0.3) is 0 Å². The number of hydrogen-bond donors (Lipinski definition) is 0. The summed E-state index contributed by atoms with van der Waals surface area (Å²) >= 11 is 0. The standard InChI is InChI=1S/C26H41OSi/c1-17-15-20(25(5,6)7)22(27-10)21(23(17)28(11)12)26(8,9)19-14-13-18(16-19)24(2,3)4/h14-16H,13H2,1-12H3. The summed E-state index contributed by atoms with van der Waals surface area (Å²) in [4.78, 5) is 0. The van der Waals surface area contributed by atoms with Crippen molar-refractivity contribution in [1.29, 1.82) is 0 Å². The molecule has 0 aliphatic heterocycles. The Kier molecular flexibility index (Phi) is 6.17. The van der Waals surface area contributed by atoms with Crippen LogP contribution in [-0.2, 0) is 10.8 Å². The lowest BCUT2D eigenvalue weighted by molar-refractivity contribution is 0.385. The minimum absolute atomic E-state index is 0.0459. The summed E-state index contributed by atoms with van der Waals surface area (Å²) in [7, 11) is 1.20. The van der Waals surface area contributed by atoms with Crippen LogP contribution in [0.2, 0.25) is 13.1 Å². The molecule has 1 aromatic rings. The van der Waals surface area contributed by atoms with Crippen LogP contribution in [0.5, 0.6) is 5.75 Å². The van der Waals surface area contributed by atoms with E-state index in [1.165, 1.54) is 27.8 Å². The van der Waals surface area contributed by atoms with Crippen molar-refractivity contribution in [2.24, 2.45) is 5.41 Å². The fourth-order valence-corrected chi connectivity index (χ4v) is 6.22. The van der Waals surface area contributed by atoms with Crippen LogP contribution in [0, 0.1) is 12.3 Å². The van der Waals surface area contributed by atoms with Gasteiger partial charge in [-0.2, -0.15) is 0 Å². The molecular weight excluding hydrogens is 356 g/mol. The number of ether oxygens (including phenoxy) is 1. The van der Waals surface area contributed by atoms with E-state index >= 15 is 0 Å². The molecule has 0 saturated heterocycles. The second kappa shape index (κ2) is 7.52. The Labute approximate surface area is 175 Å². The molecule has 28 heavy (non-hydrogen) atoms. The van der Waals surface area contributed by atoms with Crippen LogP contribution in [0.3, 0.4) is 0 Å². The highest BCUT2D eigenvalue weighted by Gasteiger charge is 2.37. The van der Waals surface area contributed by atoms with Crippen molar-refractivity contribution >= 4 is 14.0 Å². The molecule has 155 valence electrons. The molecule has 1 nitrogen and oxygen atoms in total. The summed E-state index contributed by atoms with van der Waals surface area (Å²) in [6.45, 7) is 25.7. The second-order valence-corrected chi connectivity index (χ2v) is 13.7. The molecule has 2 heteroatoms. The molecule has 0 heterocycles. The zero-order chi connectivity index (χ0) is 21.7. The Hall–Kier alpha value is -1.28. The van der Waals surface area contributed by atoms with Gasteiger partial charge in [0.15, 0.2) is 0 Å². The van der Waals surface area contributed by atoms with E-state index in [1.807, 2.05) is 7.11 Å². The third-order valence-corrected chi connectivity index (χ3v) is 7.81. The fraction of sp³-hybridized carbons (Fsp3) is 0.615. The third kappa shape index (κ3) is 4.17. The van der Waals surface area contributed by atoms with Crippen LogP contribution in [0.15, 0.2) is 29.4 Å². The zero-order valence-corrected chi connectivity index (χ0v) is 21.3. The smallest absolute Gasteiger partial charge is 0.126 e. The molecule has 0 atom stereocenters. The lowest BCUT2D eigenvalue weighted by Gasteiger charge is -2.36. The third-order valence-electron chi connectivity index (χ3n) is 6.17. The van der Waals surface area contributed by atoms with Gasteiger partial charge in [-0.05, 0) is 29.7 Å². The molecule has 1 aromatic carbocycles. The molecular formula is C26H41OSi. The van der Waals surface area contributed by atoms with Crippen molar-refractivity contribution in [3.8, 4) is 5.75 Å². The van der Waals surface area contributed by atoms with E-state index in [2.05, 4.69) is 93.6 Å². The van der Waals surface area contributed by atoms with Gasteiger partial charge >= 0.3 is 0 Å². The summed E-state index contributed by atoms with van der Waals surface area (Å²) in [6, 6.07) is 2.38. The van der Waals surface area contributed by atoms with E-state index in [9.17, 15) is 0 Å². The number of methoxy groups -OCH3 is 1. The Morgan fingerprint density at radius 3 is 1.89 bits per heavy atom. The average molecular weight is 398 g/mol. The highest BCUT2D eigenvalue weighted by atomic mass is 28.3. The van der Waals surface area contributed by atoms with Gasteiger partial charge in [0.05, 0.1) is 15.9 Å². The van der Waals surface area contributed by atoms with Gasteiger partial charge in [0.1, 0.15) is 5.75 Å². The Balaban J connectivity index is 2.82. The van der Waals surface area contributed by atoms with Crippen molar-refractivity contribution in [3.63, 3.8) is 0 Å². The summed E-state index contributed by atoms with van der Waals surface area (Å²) < 4.78 is 6.16. The molecule has 0 saturated carbocycles. The van der Waals surface area contributed by atoms with Crippen molar-refractivity contribution in [1.82, 2.24) is 0 Å². The number of rotatable bonds is 4. The molecule has 1 radical (unpaired) electrons. The predicted molar refractivity (Wildman–Crippen MR) is 127 cm³/mol. The molecule has 0 unspecified atom stereocenters. The van der Waals surface area contributed by atoms with E-state index in [4.69, 9.17) is 4.74 Å². The maximum Gasteiger partial charge on any atom is 0.126 e. The number of hydrogen-bond acceptors (Lipinski definition) is 1. The first kappa shape index (κ1) is 23.0. The minimum Gasteiger partial charge on any atom is -0.496 e. The molecule has 0 aromatic heterocycles. The van der Waals surface area contributed by atoms with Gasteiger partial charge in [-0.25, -0.2) is 0 Å². The van der Waals surface area contributed by atoms with Gasteiger partial charge < -0.3 is 4.74 Å². The van der Waals surface area contributed by atoms with Gasteiger partial charge in [-0.15, -0.1) is 0 Å². The molecule has 2 rings (SSSR count). The Morgan fingerprint density at radius 1 is 0.929 bits per heavy atom. The molecule has 1 aliphatic rings. The van der Waals surface area contributed by atoms with Gasteiger partial charge in [0.2, 0.25) is 0 Å². The van der Waals surface area contributed by atoms with E-state index < -0.39 is 8.80 Å². The summed E-state index contributed by atoms with van der Waals surface area (Å²) in [6.07, 6.45) is 5.97. The SMILES string of the molecule is COc1c(C(C)(C)C)cc(C)c([Si](C)C)c1C(C)(C)C1=CCC(C(C)(C)C)=C1. The van der Waals surface area contributed by atoms with Gasteiger partial charge in [0.25, 0.3) is 0 Å². The van der Waals surface area contributed by atoms with Crippen LogP contribution in [-0.4, -0.2) is 15.9 Å². The quantitative estimate of drug-likeness (QED) is 0.505. The highest BCUT2D eigenvalue weighted by molar-refractivity contribution is 6.71. The van der Waals surface area contributed by atoms with Crippen LogP contribution >= 0.6 is 0 Å². The fourth-order valence-electron chi connectivity index (χ4n) is 4.44. The number of allylic oxidation sites excluding steroid dienone is 4. The van der Waals surface area contributed by atoms with Gasteiger partial charge in [-0.1, -0.05) is 103 Å². The normalized spacial score (nSPS) is 15.8. The van der Waals surface area contributed by atoms with Crippen molar-refractivity contribution in [3.05, 3.63) is 46.1 Å². The van der Waals surface area contributed by atoms with Crippen LogP contribution < -0.4 is 9.92 Å². The first-order valence-corrected chi connectivity index (χ1v) is 13.1. The zero-order valence-electron chi connectivity index (χ0n) is 20.3. The minimum atomic E-state index is -0.646. The van der Waals surface area contributed by atoms with E-state index in [0.29, 0.717) is 0 Å². The first-order chi connectivity index (χ1) is 12.6. The number of aryl methyl sites for hydroxylation is 1. The average Bonchev–Trinajstić information content (AvgIpc) is 3.03. The first-order valence-electron chi connectivity index (χ1n) is 10.6. The van der Waals surface area contributed by atoms with E-state index in [0.717, 1.165) is 12.2 Å². The number of benzene rings is 1. The maximum absolute atomic E-state index is 6.16. The van der Waals surface area contributed by atoms with Gasteiger partial charge in [-0.3, -0.25) is 0 Å². The summed E-state index contributed by atoms with van der Waals surface area (Å²) in [5, 5.41) is 1.54. The maximum atomic E-state index is 6.16. The molecule has 0 N–H and O–H groups in total. The van der Waals surface area contributed by atoms with E-state index in [1.54, 1.807) is 5.19 Å². The molecule has 1 aliphatic carbocycles. The second-order valence-electron chi connectivity index (χ2n) is 11.2. The van der Waals surface area contributed by atoms with Crippen molar-refractivity contribution in [2.45, 2.75) is 92.7 Å². The monoisotopic (exact) mass is 397 g/mol. The van der Waals surface area contributed by atoms with Crippen LogP contribution in [0.4, 0.5) is 0 Å². The van der Waals surface area contributed by atoms with Crippen LogP contribution in [0.1, 0.15) is 78.5 Å². The molecule has 0 bridgehead atoms. The largest absolute Gasteiger partial charge is 0.496 e.